The standard InChI is InChI=1S/C24H37N3O4Si/c1-18(2)32(19(3)4,20(5)6)16-9-21-17-22(27(29)30)7-8-23(21)24(28)25-10-11-26-12-14-31-15-13-26/h7-8,17-20H,10-15H2,1-6H3,(H,25,28). The summed E-state index contributed by atoms with van der Waals surface area (Å²) in [5.41, 5.74) is 5.65. The van der Waals surface area contributed by atoms with Crippen molar-refractivity contribution >= 4 is 19.7 Å². The molecule has 0 atom stereocenters. The van der Waals surface area contributed by atoms with Crippen molar-refractivity contribution in [1.29, 1.82) is 0 Å². The fourth-order valence-corrected chi connectivity index (χ4v) is 10.0. The van der Waals surface area contributed by atoms with E-state index in [2.05, 4.69) is 63.2 Å². The van der Waals surface area contributed by atoms with Gasteiger partial charge in [-0.1, -0.05) is 47.5 Å². The number of morpholine rings is 1. The lowest BCUT2D eigenvalue weighted by Gasteiger charge is -2.38. The van der Waals surface area contributed by atoms with E-state index >= 15 is 0 Å². The summed E-state index contributed by atoms with van der Waals surface area (Å²) in [7, 11) is -2.04. The maximum atomic E-state index is 12.9. The summed E-state index contributed by atoms with van der Waals surface area (Å²) < 4.78 is 5.35. The summed E-state index contributed by atoms with van der Waals surface area (Å²) in [6, 6.07) is 4.33. The van der Waals surface area contributed by atoms with Crippen LogP contribution in [0.3, 0.4) is 0 Å². The fourth-order valence-electron chi connectivity index (χ4n) is 4.80. The van der Waals surface area contributed by atoms with Crippen molar-refractivity contribution in [2.24, 2.45) is 0 Å². The number of amides is 1. The van der Waals surface area contributed by atoms with Crippen LogP contribution in [0.1, 0.15) is 57.5 Å². The van der Waals surface area contributed by atoms with Crippen LogP contribution < -0.4 is 5.32 Å². The first-order valence-electron chi connectivity index (χ1n) is 11.5. The lowest BCUT2D eigenvalue weighted by atomic mass is 10.1. The van der Waals surface area contributed by atoms with Crippen molar-refractivity contribution < 1.29 is 14.5 Å². The third kappa shape index (κ3) is 6.18. The molecule has 0 radical (unpaired) electrons. The zero-order valence-electron chi connectivity index (χ0n) is 20.2. The second-order valence-corrected chi connectivity index (χ2v) is 14.9. The average Bonchev–Trinajstić information content (AvgIpc) is 2.73. The molecule has 32 heavy (non-hydrogen) atoms. The van der Waals surface area contributed by atoms with E-state index in [0.29, 0.717) is 47.5 Å². The Bertz CT molecular complexity index is 846. The summed E-state index contributed by atoms with van der Waals surface area (Å²) in [6.07, 6.45) is 0. The fraction of sp³-hybridized carbons (Fsp3) is 0.625. The number of rotatable bonds is 8. The largest absolute Gasteiger partial charge is 0.379 e. The van der Waals surface area contributed by atoms with E-state index in [-0.39, 0.29) is 11.6 Å². The van der Waals surface area contributed by atoms with Gasteiger partial charge in [0.05, 0.1) is 23.7 Å². The number of nitrogens with one attached hydrogen (secondary N) is 1. The molecule has 0 saturated carbocycles. The minimum absolute atomic E-state index is 0.0509. The van der Waals surface area contributed by atoms with E-state index in [1.807, 2.05) is 0 Å². The van der Waals surface area contributed by atoms with E-state index in [1.165, 1.54) is 18.2 Å². The van der Waals surface area contributed by atoms with Crippen LogP contribution in [0.4, 0.5) is 5.69 Å². The van der Waals surface area contributed by atoms with Crippen molar-refractivity contribution in [2.45, 2.75) is 58.2 Å². The van der Waals surface area contributed by atoms with Gasteiger partial charge >= 0.3 is 0 Å². The van der Waals surface area contributed by atoms with E-state index in [0.717, 1.165) is 19.6 Å². The molecule has 1 aromatic carbocycles. The lowest BCUT2D eigenvalue weighted by Crippen LogP contribution is -2.43. The highest BCUT2D eigenvalue weighted by Gasteiger charge is 2.41. The molecular weight excluding hydrogens is 422 g/mol. The maximum Gasteiger partial charge on any atom is 0.270 e. The molecule has 1 aliphatic heterocycles. The first-order chi connectivity index (χ1) is 15.1. The summed E-state index contributed by atoms with van der Waals surface area (Å²) in [5, 5.41) is 14.3. The molecule has 176 valence electrons. The monoisotopic (exact) mass is 459 g/mol. The number of hydrogen-bond donors (Lipinski definition) is 1. The Balaban J connectivity index is 2.33. The van der Waals surface area contributed by atoms with Crippen molar-refractivity contribution in [3.63, 3.8) is 0 Å². The van der Waals surface area contributed by atoms with Crippen molar-refractivity contribution in [3.8, 4) is 11.5 Å². The van der Waals surface area contributed by atoms with Crippen LogP contribution in [0.15, 0.2) is 18.2 Å². The van der Waals surface area contributed by atoms with Gasteiger partial charge in [-0.3, -0.25) is 19.8 Å². The molecule has 1 N–H and O–H groups in total. The Labute approximate surface area is 193 Å². The summed E-state index contributed by atoms with van der Waals surface area (Å²) >= 11 is 0. The maximum absolute atomic E-state index is 12.9. The summed E-state index contributed by atoms with van der Waals surface area (Å²) in [5.74, 6) is 2.99. The van der Waals surface area contributed by atoms with Crippen molar-refractivity contribution in [1.82, 2.24) is 10.2 Å². The highest BCUT2D eigenvalue weighted by molar-refractivity contribution is 6.90. The third-order valence-electron chi connectivity index (χ3n) is 6.56. The Hall–Kier alpha value is -2.21. The van der Waals surface area contributed by atoms with Gasteiger partial charge in [-0.15, -0.1) is 5.54 Å². The molecule has 1 saturated heterocycles. The van der Waals surface area contributed by atoms with Gasteiger partial charge in [0.15, 0.2) is 0 Å². The smallest absolute Gasteiger partial charge is 0.270 e. The van der Waals surface area contributed by atoms with Crippen LogP contribution in [0.5, 0.6) is 0 Å². The van der Waals surface area contributed by atoms with Crippen LogP contribution in [0.25, 0.3) is 0 Å². The highest BCUT2D eigenvalue weighted by atomic mass is 28.3. The normalized spacial score (nSPS) is 15.0. The summed E-state index contributed by atoms with van der Waals surface area (Å²) in [4.78, 5) is 26.1. The molecule has 1 aromatic rings. The zero-order valence-corrected chi connectivity index (χ0v) is 21.2. The second-order valence-electron chi connectivity index (χ2n) is 9.34. The Kier molecular flexibility index (Phi) is 9.43. The number of nitro groups is 1. The van der Waals surface area contributed by atoms with Crippen LogP contribution in [0.2, 0.25) is 16.6 Å². The average molecular weight is 460 g/mol. The van der Waals surface area contributed by atoms with E-state index in [1.54, 1.807) is 0 Å². The number of nitrogens with zero attached hydrogens (tertiary/aromatic N) is 2. The Morgan fingerprint density at radius 3 is 2.28 bits per heavy atom. The van der Waals surface area contributed by atoms with E-state index < -0.39 is 13.0 Å². The predicted molar refractivity (Wildman–Crippen MR) is 131 cm³/mol. The quantitative estimate of drug-likeness (QED) is 0.272. The highest BCUT2D eigenvalue weighted by Crippen LogP contribution is 2.40. The second kappa shape index (κ2) is 11.6. The minimum atomic E-state index is -2.04. The zero-order chi connectivity index (χ0) is 23.9. The van der Waals surface area contributed by atoms with Gasteiger partial charge in [0.2, 0.25) is 0 Å². The molecule has 2 rings (SSSR count). The molecule has 0 bridgehead atoms. The SMILES string of the molecule is CC(C)[Si](C#Cc1cc([N+](=O)[O-])ccc1C(=O)NCCN1CCOCC1)(C(C)C)C(C)C. The Morgan fingerprint density at radius 1 is 1.16 bits per heavy atom. The molecule has 0 aliphatic carbocycles. The number of carbonyl (C=O) groups is 1. The molecule has 7 nitrogen and oxygen atoms in total. The van der Waals surface area contributed by atoms with Crippen molar-refractivity contribution in [2.75, 3.05) is 39.4 Å². The van der Waals surface area contributed by atoms with Gasteiger partial charge in [-0.2, -0.15) is 0 Å². The number of hydrogen-bond acceptors (Lipinski definition) is 5. The van der Waals surface area contributed by atoms with Crippen LogP contribution >= 0.6 is 0 Å². The molecular formula is C24H37N3O4Si. The number of nitro benzene ring substituents is 1. The van der Waals surface area contributed by atoms with Gasteiger partial charge in [-0.25, -0.2) is 0 Å². The van der Waals surface area contributed by atoms with Gasteiger partial charge in [-0.05, 0) is 22.7 Å². The summed E-state index contributed by atoms with van der Waals surface area (Å²) in [6.45, 7) is 17.7. The number of benzene rings is 1. The number of carbonyl (C=O) groups excluding carboxylic acids is 1. The van der Waals surface area contributed by atoms with Gasteiger partial charge in [0.1, 0.15) is 8.07 Å². The molecule has 8 heteroatoms. The molecule has 1 fully saturated rings. The lowest BCUT2D eigenvalue weighted by molar-refractivity contribution is -0.384. The molecule has 1 amide bonds. The molecule has 1 aliphatic rings. The number of non-ortho nitro benzene ring substituents is 1. The first-order valence-corrected chi connectivity index (χ1v) is 13.7. The van der Waals surface area contributed by atoms with Crippen molar-refractivity contribution in [3.05, 3.63) is 39.4 Å². The molecule has 1 heterocycles. The molecule has 0 unspecified atom stereocenters. The van der Waals surface area contributed by atoms with Gasteiger partial charge in [0, 0.05) is 43.9 Å². The van der Waals surface area contributed by atoms with Crippen LogP contribution in [0, 0.1) is 21.6 Å². The Morgan fingerprint density at radius 2 is 1.75 bits per heavy atom. The topological polar surface area (TPSA) is 84.7 Å². The first kappa shape index (κ1) is 26.0. The van der Waals surface area contributed by atoms with Gasteiger partial charge < -0.3 is 10.1 Å². The number of ether oxygens (including phenoxy) is 1. The molecule has 0 aromatic heterocycles. The van der Waals surface area contributed by atoms with Gasteiger partial charge in [0.25, 0.3) is 11.6 Å². The minimum Gasteiger partial charge on any atom is -0.379 e. The van der Waals surface area contributed by atoms with Crippen LogP contribution in [-0.4, -0.2) is 63.2 Å². The van der Waals surface area contributed by atoms with E-state index in [4.69, 9.17) is 4.74 Å². The van der Waals surface area contributed by atoms with Crippen LogP contribution in [-0.2, 0) is 4.74 Å². The molecule has 0 spiro atoms. The predicted octanol–water partition coefficient (Wildman–Crippen LogP) is 4.23. The van der Waals surface area contributed by atoms with E-state index in [9.17, 15) is 14.9 Å². The third-order valence-corrected chi connectivity index (χ3v) is 12.8.